The van der Waals surface area contributed by atoms with Crippen molar-refractivity contribution in [2.24, 2.45) is 4.99 Å². The zero-order valence-corrected chi connectivity index (χ0v) is 16.1. The van der Waals surface area contributed by atoms with Crippen LogP contribution in [0, 0.1) is 13.8 Å². The Balaban J connectivity index is 1.51. The summed E-state index contributed by atoms with van der Waals surface area (Å²) in [4.78, 5) is 8.66. The Morgan fingerprint density at radius 3 is 2.56 bits per heavy atom. The maximum Gasteiger partial charge on any atom is 0.191 e. The highest BCUT2D eigenvalue weighted by Crippen LogP contribution is 2.09. The number of guanidine groups is 1. The minimum atomic E-state index is 0.667. The first kappa shape index (κ1) is 18.6. The second-order valence-corrected chi connectivity index (χ2v) is 6.57. The number of aromatic nitrogens is 3. The molecule has 2 aromatic heterocycles. The first-order valence-corrected chi connectivity index (χ1v) is 9.10. The SMILES string of the molecule is CN=C(NCCc1cc(C)cc(C)c1)NCc1ccnc(-n2cccn2)c1. The predicted molar refractivity (Wildman–Crippen MR) is 109 cm³/mol. The van der Waals surface area contributed by atoms with E-state index in [0.717, 1.165) is 30.3 Å². The molecule has 140 valence electrons. The number of nitrogens with one attached hydrogen (secondary N) is 2. The van der Waals surface area contributed by atoms with Gasteiger partial charge in [-0.3, -0.25) is 4.99 Å². The molecule has 1 aromatic carbocycles. The predicted octanol–water partition coefficient (Wildman–Crippen LogP) is 2.79. The summed E-state index contributed by atoms with van der Waals surface area (Å²) >= 11 is 0. The maximum absolute atomic E-state index is 4.35. The number of hydrogen-bond acceptors (Lipinski definition) is 3. The summed E-state index contributed by atoms with van der Waals surface area (Å²) in [5, 5.41) is 10.9. The van der Waals surface area contributed by atoms with E-state index in [1.807, 2.05) is 24.4 Å². The van der Waals surface area contributed by atoms with Crippen molar-refractivity contribution in [2.45, 2.75) is 26.8 Å². The van der Waals surface area contributed by atoms with Gasteiger partial charge >= 0.3 is 0 Å². The van der Waals surface area contributed by atoms with E-state index in [1.165, 1.54) is 16.7 Å². The van der Waals surface area contributed by atoms with Crippen molar-refractivity contribution in [3.05, 3.63) is 77.2 Å². The molecule has 3 rings (SSSR count). The molecule has 0 fully saturated rings. The van der Waals surface area contributed by atoms with E-state index >= 15 is 0 Å². The third-order valence-electron chi connectivity index (χ3n) is 4.22. The fourth-order valence-corrected chi connectivity index (χ4v) is 3.05. The Kier molecular flexibility index (Phi) is 6.20. The molecule has 0 amide bonds. The number of hydrogen-bond donors (Lipinski definition) is 2. The second-order valence-electron chi connectivity index (χ2n) is 6.57. The van der Waals surface area contributed by atoms with Crippen LogP contribution in [0.15, 0.2) is 60.0 Å². The van der Waals surface area contributed by atoms with Crippen molar-refractivity contribution < 1.29 is 0 Å². The van der Waals surface area contributed by atoms with Crippen molar-refractivity contribution in [1.82, 2.24) is 25.4 Å². The Hall–Kier alpha value is -3.15. The monoisotopic (exact) mass is 362 g/mol. The number of rotatable bonds is 6. The second kappa shape index (κ2) is 8.98. The van der Waals surface area contributed by atoms with Gasteiger partial charge in [0.15, 0.2) is 11.8 Å². The highest BCUT2D eigenvalue weighted by atomic mass is 15.3. The molecule has 0 saturated carbocycles. The molecule has 0 radical (unpaired) electrons. The Morgan fingerprint density at radius 2 is 1.85 bits per heavy atom. The lowest BCUT2D eigenvalue weighted by Crippen LogP contribution is -2.37. The summed E-state index contributed by atoms with van der Waals surface area (Å²) in [7, 11) is 1.79. The first-order chi connectivity index (χ1) is 13.1. The van der Waals surface area contributed by atoms with Gasteiger partial charge in [0.1, 0.15) is 0 Å². The number of aryl methyl sites for hydroxylation is 2. The molecule has 0 saturated heterocycles. The van der Waals surface area contributed by atoms with Crippen LogP contribution in [0.25, 0.3) is 5.82 Å². The average Bonchev–Trinajstić information content (AvgIpc) is 3.19. The number of pyridine rings is 1. The van der Waals surface area contributed by atoms with Crippen LogP contribution < -0.4 is 10.6 Å². The molecule has 0 bridgehead atoms. The molecule has 0 aliphatic heterocycles. The highest BCUT2D eigenvalue weighted by Gasteiger charge is 2.03. The van der Waals surface area contributed by atoms with Crippen LogP contribution in [-0.4, -0.2) is 34.3 Å². The van der Waals surface area contributed by atoms with E-state index in [4.69, 9.17) is 0 Å². The Labute approximate surface area is 160 Å². The molecular formula is C21H26N6. The van der Waals surface area contributed by atoms with Crippen LogP contribution in [-0.2, 0) is 13.0 Å². The molecule has 6 heteroatoms. The quantitative estimate of drug-likeness (QED) is 0.523. The van der Waals surface area contributed by atoms with E-state index in [0.29, 0.717) is 6.54 Å². The zero-order chi connectivity index (χ0) is 19.1. The van der Waals surface area contributed by atoms with Crippen LogP contribution >= 0.6 is 0 Å². The van der Waals surface area contributed by atoms with Gasteiger partial charge in [-0.25, -0.2) is 9.67 Å². The van der Waals surface area contributed by atoms with Crippen LogP contribution in [0.4, 0.5) is 0 Å². The highest BCUT2D eigenvalue weighted by molar-refractivity contribution is 5.79. The zero-order valence-electron chi connectivity index (χ0n) is 16.1. The largest absolute Gasteiger partial charge is 0.356 e. The number of benzene rings is 1. The molecule has 0 atom stereocenters. The topological polar surface area (TPSA) is 67.1 Å². The van der Waals surface area contributed by atoms with Crippen LogP contribution in [0.1, 0.15) is 22.3 Å². The van der Waals surface area contributed by atoms with Gasteiger partial charge < -0.3 is 10.6 Å². The van der Waals surface area contributed by atoms with Crippen LogP contribution in [0.3, 0.4) is 0 Å². The molecule has 0 aliphatic carbocycles. The molecule has 6 nitrogen and oxygen atoms in total. The van der Waals surface area contributed by atoms with Crippen molar-refractivity contribution >= 4 is 5.96 Å². The maximum atomic E-state index is 4.35. The molecule has 2 heterocycles. The van der Waals surface area contributed by atoms with Crippen LogP contribution in [0.2, 0.25) is 0 Å². The first-order valence-electron chi connectivity index (χ1n) is 9.10. The molecule has 0 unspecified atom stereocenters. The van der Waals surface area contributed by atoms with E-state index in [9.17, 15) is 0 Å². The van der Waals surface area contributed by atoms with Crippen LogP contribution in [0.5, 0.6) is 0 Å². The molecule has 27 heavy (non-hydrogen) atoms. The normalized spacial score (nSPS) is 11.4. The van der Waals surface area contributed by atoms with Gasteiger partial charge in [-0.05, 0) is 49.6 Å². The average molecular weight is 362 g/mol. The standard InChI is InChI=1S/C21H26N6/c1-16-11-17(2)13-18(12-16)5-9-24-21(22-3)25-15-19-6-8-23-20(14-19)27-10-4-7-26-27/h4,6-8,10-14H,5,9,15H2,1-3H3,(H2,22,24,25). The smallest absolute Gasteiger partial charge is 0.191 e. The molecule has 2 N–H and O–H groups in total. The summed E-state index contributed by atoms with van der Waals surface area (Å²) < 4.78 is 1.75. The Bertz CT molecular complexity index is 879. The van der Waals surface area contributed by atoms with E-state index < -0.39 is 0 Å². The number of nitrogens with zero attached hydrogens (tertiary/aromatic N) is 4. The molecular weight excluding hydrogens is 336 g/mol. The summed E-state index contributed by atoms with van der Waals surface area (Å²) in [6.07, 6.45) is 6.38. The van der Waals surface area contributed by atoms with E-state index in [-0.39, 0.29) is 0 Å². The fourth-order valence-electron chi connectivity index (χ4n) is 3.05. The van der Waals surface area contributed by atoms with Gasteiger partial charge in [-0.2, -0.15) is 5.10 Å². The molecule has 0 aliphatic rings. The summed E-state index contributed by atoms with van der Waals surface area (Å²) in [6, 6.07) is 12.6. The van der Waals surface area contributed by atoms with Crippen molar-refractivity contribution in [3.63, 3.8) is 0 Å². The molecule has 3 aromatic rings. The minimum absolute atomic E-state index is 0.667. The van der Waals surface area contributed by atoms with Crippen molar-refractivity contribution in [3.8, 4) is 5.82 Å². The van der Waals surface area contributed by atoms with Gasteiger partial charge in [0.05, 0.1) is 0 Å². The summed E-state index contributed by atoms with van der Waals surface area (Å²) in [5.74, 6) is 1.59. The fraction of sp³-hybridized carbons (Fsp3) is 0.286. The van der Waals surface area contributed by atoms with E-state index in [1.54, 1.807) is 24.1 Å². The minimum Gasteiger partial charge on any atom is -0.356 e. The van der Waals surface area contributed by atoms with Gasteiger partial charge in [0.2, 0.25) is 0 Å². The number of aliphatic imine (C=N–C) groups is 1. The molecule has 0 spiro atoms. The van der Waals surface area contributed by atoms with Crippen molar-refractivity contribution in [1.29, 1.82) is 0 Å². The van der Waals surface area contributed by atoms with Gasteiger partial charge in [0.25, 0.3) is 0 Å². The lowest BCUT2D eigenvalue weighted by Gasteiger charge is -2.13. The van der Waals surface area contributed by atoms with Gasteiger partial charge in [0, 0.05) is 38.7 Å². The summed E-state index contributed by atoms with van der Waals surface area (Å²) in [5.41, 5.74) is 5.07. The third kappa shape index (κ3) is 5.41. The van der Waals surface area contributed by atoms with Crippen molar-refractivity contribution in [2.75, 3.05) is 13.6 Å². The van der Waals surface area contributed by atoms with Gasteiger partial charge in [-0.15, -0.1) is 0 Å². The lowest BCUT2D eigenvalue weighted by molar-refractivity contribution is 0.789. The Morgan fingerprint density at radius 1 is 1.04 bits per heavy atom. The van der Waals surface area contributed by atoms with Gasteiger partial charge in [-0.1, -0.05) is 29.3 Å². The lowest BCUT2D eigenvalue weighted by atomic mass is 10.1. The summed E-state index contributed by atoms with van der Waals surface area (Å²) in [6.45, 7) is 5.77. The third-order valence-corrected chi connectivity index (χ3v) is 4.22. The van der Waals surface area contributed by atoms with E-state index in [2.05, 4.69) is 57.8 Å².